The lowest BCUT2D eigenvalue weighted by Crippen LogP contribution is -2.50. The fourth-order valence-corrected chi connectivity index (χ4v) is 3.84. The first-order valence-corrected chi connectivity index (χ1v) is 9.24. The van der Waals surface area contributed by atoms with E-state index in [1.54, 1.807) is 4.90 Å². The van der Waals surface area contributed by atoms with Crippen LogP contribution in [0.3, 0.4) is 0 Å². The number of ether oxygens (including phenoxy) is 2. The minimum atomic E-state index is -0.988. The van der Waals surface area contributed by atoms with E-state index >= 15 is 0 Å². The van der Waals surface area contributed by atoms with Gasteiger partial charge >= 0.3 is 0 Å². The molecule has 0 N–H and O–H groups in total. The van der Waals surface area contributed by atoms with Gasteiger partial charge in [-0.3, -0.25) is 4.79 Å². The van der Waals surface area contributed by atoms with Crippen molar-refractivity contribution in [2.75, 3.05) is 32.9 Å². The molecule has 2 aliphatic heterocycles. The number of hydrogen-bond acceptors (Lipinski definition) is 3. The fraction of sp³-hybridized carbons (Fsp3) is 0.381. The maximum atomic E-state index is 13.4. The monoisotopic (exact) mass is 409 g/mol. The molecule has 0 radical (unpaired) electrons. The van der Waals surface area contributed by atoms with Crippen LogP contribution in [0.5, 0.6) is 5.75 Å². The number of carbonyl (C=O) groups excluding carboxylic acids is 1. The summed E-state index contributed by atoms with van der Waals surface area (Å²) in [4.78, 5) is 14.3. The van der Waals surface area contributed by atoms with Gasteiger partial charge in [-0.25, -0.2) is 17.6 Å². The van der Waals surface area contributed by atoms with Crippen molar-refractivity contribution in [2.45, 2.75) is 6.42 Å². The smallest absolute Gasteiger partial charge is 0.227 e. The first-order chi connectivity index (χ1) is 13.9. The molecule has 2 fully saturated rings. The van der Waals surface area contributed by atoms with E-state index in [4.69, 9.17) is 9.47 Å². The largest absolute Gasteiger partial charge is 0.493 e. The number of benzene rings is 2. The van der Waals surface area contributed by atoms with E-state index < -0.39 is 23.3 Å². The first kappa shape index (κ1) is 19.7. The third-order valence-electron chi connectivity index (χ3n) is 5.63. The molecule has 8 heteroatoms. The molecule has 1 atom stereocenters. The second kappa shape index (κ2) is 7.67. The van der Waals surface area contributed by atoms with Crippen LogP contribution in [0.2, 0.25) is 0 Å². The van der Waals surface area contributed by atoms with E-state index in [-0.39, 0.29) is 36.0 Å². The molecule has 154 valence electrons. The van der Waals surface area contributed by atoms with E-state index in [2.05, 4.69) is 0 Å². The third kappa shape index (κ3) is 3.94. The fourth-order valence-electron chi connectivity index (χ4n) is 3.84. The number of likely N-dealkylation sites (tertiary alicyclic amines) is 1. The van der Waals surface area contributed by atoms with Crippen LogP contribution in [0.4, 0.5) is 17.6 Å². The van der Waals surface area contributed by atoms with Gasteiger partial charge in [-0.05, 0) is 29.8 Å². The van der Waals surface area contributed by atoms with Crippen molar-refractivity contribution >= 4 is 5.91 Å². The maximum absolute atomic E-state index is 13.4. The first-order valence-electron chi connectivity index (χ1n) is 9.24. The lowest BCUT2D eigenvalue weighted by atomic mass is 9.77. The van der Waals surface area contributed by atoms with Crippen molar-refractivity contribution in [3.8, 4) is 5.75 Å². The summed E-state index contributed by atoms with van der Waals surface area (Å²) < 4.78 is 63.9. The highest BCUT2D eigenvalue weighted by Gasteiger charge is 2.53. The van der Waals surface area contributed by atoms with Gasteiger partial charge in [0, 0.05) is 30.5 Å². The van der Waals surface area contributed by atoms with Gasteiger partial charge in [0.1, 0.15) is 5.75 Å². The van der Waals surface area contributed by atoms with Crippen molar-refractivity contribution in [3.05, 3.63) is 65.2 Å². The highest BCUT2D eigenvalue weighted by molar-refractivity contribution is 5.79. The van der Waals surface area contributed by atoms with E-state index in [0.717, 1.165) is 24.3 Å². The Balaban J connectivity index is 1.40. The molecule has 0 saturated carbocycles. The van der Waals surface area contributed by atoms with Crippen LogP contribution in [0.25, 0.3) is 0 Å². The van der Waals surface area contributed by atoms with Crippen molar-refractivity contribution in [3.63, 3.8) is 0 Å². The lowest BCUT2D eigenvalue weighted by molar-refractivity contribution is -0.140. The zero-order valence-corrected chi connectivity index (χ0v) is 15.5. The normalized spacial score (nSPS) is 20.0. The van der Waals surface area contributed by atoms with E-state index in [1.165, 1.54) is 12.1 Å². The second-order valence-corrected chi connectivity index (χ2v) is 7.64. The number of nitrogens with zero attached hydrogens (tertiary/aromatic N) is 1. The van der Waals surface area contributed by atoms with Crippen LogP contribution in [0.1, 0.15) is 5.56 Å². The van der Waals surface area contributed by atoms with Crippen LogP contribution in [0.15, 0.2) is 36.4 Å². The van der Waals surface area contributed by atoms with Crippen molar-refractivity contribution in [1.29, 1.82) is 0 Å². The Labute approximate surface area is 165 Å². The van der Waals surface area contributed by atoms with Gasteiger partial charge in [-0.1, -0.05) is 6.07 Å². The molecule has 0 aliphatic carbocycles. The standard InChI is InChI=1S/C21H19F4NO3/c22-16-3-1-13(5-18(16)24)6-20(27)26-8-14(21(10-26)11-28-12-21)9-29-15-2-4-17(23)19(25)7-15/h1-5,7,14H,6,8-12H2. The molecule has 1 unspecified atom stereocenters. The topological polar surface area (TPSA) is 38.8 Å². The average Bonchev–Trinajstić information content (AvgIpc) is 3.06. The predicted molar refractivity (Wildman–Crippen MR) is 95.2 cm³/mol. The van der Waals surface area contributed by atoms with Crippen LogP contribution >= 0.6 is 0 Å². The number of amides is 1. The zero-order valence-electron chi connectivity index (χ0n) is 15.5. The Morgan fingerprint density at radius 2 is 1.72 bits per heavy atom. The molecule has 0 bridgehead atoms. The number of rotatable bonds is 5. The molecular weight excluding hydrogens is 390 g/mol. The average molecular weight is 409 g/mol. The van der Waals surface area contributed by atoms with Crippen LogP contribution in [-0.2, 0) is 16.0 Å². The van der Waals surface area contributed by atoms with E-state index in [9.17, 15) is 22.4 Å². The summed E-state index contributed by atoms with van der Waals surface area (Å²) in [5.41, 5.74) is 0.150. The van der Waals surface area contributed by atoms with Gasteiger partial charge in [-0.2, -0.15) is 0 Å². The molecular formula is C21H19F4NO3. The van der Waals surface area contributed by atoms with Gasteiger partial charge in [0.05, 0.1) is 26.2 Å². The molecule has 29 heavy (non-hydrogen) atoms. The number of carbonyl (C=O) groups is 1. The second-order valence-electron chi connectivity index (χ2n) is 7.64. The summed E-state index contributed by atoms with van der Waals surface area (Å²) in [6.07, 6.45) is -0.0368. The number of hydrogen-bond donors (Lipinski definition) is 0. The summed E-state index contributed by atoms with van der Waals surface area (Å²) in [6.45, 7) is 2.07. The highest BCUT2D eigenvalue weighted by atomic mass is 19.2. The maximum Gasteiger partial charge on any atom is 0.227 e. The molecule has 1 spiro atoms. The predicted octanol–water partition coefficient (Wildman–Crippen LogP) is 3.34. The lowest BCUT2D eigenvalue weighted by Gasteiger charge is -2.41. The minimum Gasteiger partial charge on any atom is -0.493 e. The molecule has 4 rings (SSSR count). The molecule has 2 aromatic rings. The Hall–Kier alpha value is -2.61. The number of halogens is 4. The third-order valence-corrected chi connectivity index (χ3v) is 5.63. The summed E-state index contributed by atoms with van der Waals surface area (Å²) in [6, 6.07) is 6.75. The molecule has 2 aromatic carbocycles. The van der Waals surface area contributed by atoms with E-state index in [0.29, 0.717) is 31.9 Å². The summed E-state index contributed by atoms with van der Waals surface area (Å²) in [5, 5.41) is 0. The Morgan fingerprint density at radius 3 is 2.34 bits per heavy atom. The quantitative estimate of drug-likeness (QED) is 0.712. The van der Waals surface area contributed by atoms with Gasteiger partial charge in [0.2, 0.25) is 5.91 Å². The molecule has 4 nitrogen and oxygen atoms in total. The zero-order chi connectivity index (χ0) is 20.6. The van der Waals surface area contributed by atoms with Crippen molar-refractivity contribution in [2.24, 2.45) is 11.3 Å². The van der Waals surface area contributed by atoms with Crippen LogP contribution < -0.4 is 4.74 Å². The SMILES string of the molecule is O=C(Cc1ccc(F)c(F)c1)N1CC(COc2ccc(F)c(F)c2)C2(COC2)C1. The molecule has 2 heterocycles. The van der Waals surface area contributed by atoms with Gasteiger partial charge < -0.3 is 14.4 Å². The molecule has 2 saturated heterocycles. The summed E-state index contributed by atoms with van der Waals surface area (Å²) >= 11 is 0. The molecule has 1 amide bonds. The Bertz CT molecular complexity index is 932. The van der Waals surface area contributed by atoms with Gasteiger partial charge in [0.25, 0.3) is 0 Å². The molecule has 0 aromatic heterocycles. The summed E-state index contributed by atoms with van der Waals surface area (Å²) in [5.74, 6) is -3.91. The highest BCUT2D eigenvalue weighted by Crippen LogP contribution is 2.42. The summed E-state index contributed by atoms with van der Waals surface area (Å²) in [7, 11) is 0. The van der Waals surface area contributed by atoms with E-state index in [1.807, 2.05) is 0 Å². The Kier molecular flexibility index (Phi) is 5.21. The van der Waals surface area contributed by atoms with Crippen molar-refractivity contribution in [1.82, 2.24) is 4.90 Å². The molecule has 2 aliphatic rings. The van der Waals surface area contributed by atoms with Crippen molar-refractivity contribution < 1.29 is 31.8 Å². The van der Waals surface area contributed by atoms with Gasteiger partial charge in [-0.15, -0.1) is 0 Å². The van der Waals surface area contributed by atoms with Crippen LogP contribution in [-0.4, -0.2) is 43.7 Å². The Morgan fingerprint density at radius 1 is 1.03 bits per heavy atom. The van der Waals surface area contributed by atoms with Crippen LogP contribution in [0, 0.1) is 34.6 Å². The van der Waals surface area contributed by atoms with Gasteiger partial charge in [0.15, 0.2) is 23.3 Å². The minimum absolute atomic E-state index is 0.0368.